The number of benzene rings is 2. The molecule has 6 nitrogen and oxygen atoms in total. The summed E-state index contributed by atoms with van der Waals surface area (Å²) in [6, 6.07) is 11.9. The molecule has 184 valence electrons. The highest BCUT2D eigenvalue weighted by Crippen LogP contribution is 2.38. The molecule has 1 atom stereocenters. The third kappa shape index (κ3) is 5.70. The first-order chi connectivity index (χ1) is 16.8. The van der Waals surface area contributed by atoms with E-state index in [2.05, 4.69) is 20.0 Å². The van der Waals surface area contributed by atoms with Crippen LogP contribution in [0.3, 0.4) is 0 Å². The average molecular weight is 488 g/mol. The molecule has 1 fully saturated rings. The monoisotopic (exact) mass is 488 g/mol. The third-order valence-corrected chi connectivity index (χ3v) is 5.98. The molecule has 0 spiro atoms. The normalized spacial score (nSPS) is 15.8. The van der Waals surface area contributed by atoms with Crippen LogP contribution in [-0.4, -0.2) is 29.6 Å². The first-order valence-electron chi connectivity index (χ1n) is 11.1. The number of nitrogens with one attached hydrogen (secondary N) is 1. The zero-order valence-corrected chi connectivity index (χ0v) is 19.0. The lowest BCUT2D eigenvalue weighted by atomic mass is 10.0. The van der Waals surface area contributed by atoms with Crippen molar-refractivity contribution >= 4 is 17.6 Å². The largest absolute Gasteiger partial charge is 0.469 e. The topological polar surface area (TPSA) is 67.3 Å². The fourth-order valence-electron chi connectivity index (χ4n) is 4.14. The van der Waals surface area contributed by atoms with Crippen LogP contribution in [-0.2, 0) is 28.7 Å². The second-order valence-electron chi connectivity index (χ2n) is 8.25. The van der Waals surface area contributed by atoms with E-state index in [0.717, 1.165) is 29.7 Å². The Morgan fingerprint density at radius 3 is 2.43 bits per heavy atom. The molecule has 1 N–H and O–H groups in total. The zero-order valence-electron chi connectivity index (χ0n) is 19.0. The molecular formula is C25H24F4N4O2. The van der Waals surface area contributed by atoms with E-state index in [1.54, 1.807) is 17.0 Å². The summed E-state index contributed by atoms with van der Waals surface area (Å²) in [4.78, 5) is 21.3. The maximum atomic E-state index is 15.4. The number of ether oxygens (including phenoxy) is 1. The van der Waals surface area contributed by atoms with E-state index in [-0.39, 0.29) is 30.1 Å². The highest BCUT2D eigenvalue weighted by Gasteiger charge is 2.33. The molecule has 0 saturated carbocycles. The predicted octanol–water partition coefficient (Wildman–Crippen LogP) is 5.30. The van der Waals surface area contributed by atoms with Gasteiger partial charge in [-0.2, -0.15) is 17.6 Å². The number of aromatic nitrogens is 2. The molecular weight excluding hydrogens is 464 g/mol. The summed E-state index contributed by atoms with van der Waals surface area (Å²) in [5.74, 6) is -0.804. The Morgan fingerprint density at radius 2 is 1.77 bits per heavy atom. The van der Waals surface area contributed by atoms with Gasteiger partial charge in [0.25, 0.3) is 0 Å². The second kappa shape index (κ2) is 10.3. The number of hydrogen-bond acceptors (Lipinski definition) is 6. The second-order valence-corrected chi connectivity index (χ2v) is 8.25. The molecule has 0 bridgehead atoms. The summed E-state index contributed by atoms with van der Waals surface area (Å²) in [7, 11) is 1.33. The van der Waals surface area contributed by atoms with Crippen LogP contribution in [0.5, 0.6) is 0 Å². The van der Waals surface area contributed by atoms with Crippen molar-refractivity contribution in [3.8, 4) is 0 Å². The van der Waals surface area contributed by atoms with Gasteiger partial charge in [0.2, 0.25) is 5.82 Å². The van der Waals surface area contributed by atoms with E-state index in [9.17, 15) is 18.0 Å². The van der Waals surface area contributed by atoms with Crippen LogP contribution in [0, 0.1) is 5.82 Å². The lowest BCUT2D eigenvalue weighted by molar-refractivity contribution is -0.140. The summed E-state index contributed by atoms with van der Waals surface area (Å²) < 4.78 is 58.7. The molecule has 10 heteroatoms. The summed E-state index contributed by atoms with van der Waals surface area (Å²) in [5.41, 5.74) is 1.63. The molecule has 1 aromatic heterocycles. The fourth-order valence-corrected chi connectivity index (χ4v) is 4.14. The van der Waals surface area contributed by atoms with Crippen molar-refractivity contribution in [1.82, 2.24) is 9.97 Å². The van der Waals surface area contributed by atoms with Crippen LogP contribution in [0.2, 0.25) is 0 Å². The van der Waals surface area contributed by atoms with Gasteiger partial charge in [0.1, 0.15) is 6.33 Å². The van der Waals surface area contributed by atoms with Gasteiger partial charge < -0.3 is 15.0 Å². The van der Waals surface area contributed by atoms with E-state index in [1.807, 2.05) is 12.1 Å². The number of methoxy groups -OCH3 is 1. The fraction of sp³-hybridized carbons (Fsp3) is 0.320. The lowest BCUT2D eigenvalue weighted by Gasteiger charge is -2.27. The first kappa shape index (κ1) is 24.4. The van der Waals surface area contributed by atoms with Crippen molar-refractivity contribution in [2.75, 3.05) is 23.9 Å². The van der Waals surface area contributed by atoms with Gasteiger partial charge in [0.05, 0.1) is 25.1 Å². The Balaban J connectivity index is 1.47. The molecule has 2 aromatic carbocycles. The van der Waals surface area contributed by atoms with Crippen LogP contribution >= 0.6 is 0 Å². The van der Waals surface area contributed by atoms with Gasteiger partial charge in [0, 0.05) is 13.1 Å². The quantitative estimate of drug-likeness (QED) is 0.360. The van der Waals surface area contributed by atoms with Crippen molar-refractivity contribution in [3.63, 3.8) is 0 Å². The minimum Gasteiger partial charge on any atom is -0.469 e. The smallest absolute Gasteiger partial charge is 0.416 e. The summed E-state index contributed by atoms with van der Waals surface area (Å²) in [6.45, 7) is 0.828. The molecule has 0 aliphatic carbocycles. The Morgan fingerprint density at radius 1 is 1.09 bits per heavy atom. The minimum absolute atomic E-state index is 0.0340. The van der Waals surface area contributed by atoms with E-state index < -0.39 is 17.6 Å². The number of nitrogens with zero attached hydrogens (tertiary/aromatic N) is 3. The van der Waals surface area contributed by atoms with Crippen LogP contribution in [0.4, 0.5) is 29.2 Å². The Kier molecular flexibility index (Phi) is 7.18. The highest BCUT2D eigenvalue weighted by molar-refractivity contribution is 5.72. The first-order valence-corrected chi connectivity index (χ1v) is 11.1. The Labute approximate surface area is 200 Å². The summed E-state index contributed by atoms with van der Waals surface area (Å²) in [5, 5.41) is 2.97. The molecule has 1 aliphatic rings. The van der Waals surface area contributed by atoms with Crippen molar-refractivity contribution in [1.29, 1.82) is 0 Å². The van der Waals surface area contributed by atoms with Gasteiger partial charge in [-0.25, -0.2) is 9.97 Å². The zero-order chi connectivity index (χ0) is 25.0. The maximum absolute atomic E-state index is 15.4. The van der Waals surface area contributed by atoms with E-state index in [0.29, 0.717) is 25.1 Å². The predicted molar refractivity (Wildman–Crippen MR) is 122 cm³/mol. The van der Waals surface area contributed by atoms with Crippen molar-refractivity contribution in [2.24, 2.45) is 0 Å². The lowest BCUT2D eigenvalue weighted by Crippen LogP contribution is -2.25. The molecule has 4 rings (SSSR count). The number of anilines is 2. The standard InChI is InChI=1S/C25H24F4N4O2/c1-35-21(34)13-16-4-6-17(7-5-16)14-30-23-22(26)24(32-15-31-23)33-12-2-3-20(33)18-8-10-19(11-9-18)25(27,28)29/h4-11,15,20H,2-3,12-14H2,1H3,(H,30,31,32). The number of carbonyl (C=O) groups is 1. The molecule has 35 heavy (non-hydrogen) atoms. The molecule has 3 aromatic rings. The van der Waals surface area contributed by atoms with Gasteiger partial charge in [0.15, 0.2) is 11.6 Å². The van der Waals surface area contributed by atoms with Crippen molar-refractivity contribution in [3.05, 3.63) is 82.9 Å². The SMILES string of the molecule is COC(=O)Cc1ccc(CNc2ncnc(N3CCCC3c3ccc(C(F)(F)F)cc3)c2F)cc1. The molecule has 0 amide bonds. The van der Waals surface area contributed by atoms with Gasteiger partial charge in [-0.05, 0) is 41.7 Å². The van der Waals surface area contributed by atoms with Crippen LogP contribution < -0.4 is 10.2 Å². The van der Waals surface area contributed by atoms with E-state index in [1.165, 1.54) is 25.6 Å². The molecule has 1 unspecified atom stereocenters. The van der Waals surface area contributed by atoms with Crippen molar-refractivity contribution < 1.29 is 27.1 Å². The third-order valence-electron chi connectivity index (χ3n) is 5.98. The van der Waals surface area contributed by atoms with Crippen molar-refractivity contribution in [2.45, 2.75) is 38.0 Å². The number of alkyl halides is 3. The van der Waals surface area contributed by atoms with Gasteiger partial charge in [-0.15, -0.1) is 0 Å². The molecule has 0 radical (unpaired) electrons. The highest BCUT2D eigenvalue weighted by atomic mass is 19.4. The van der Waals surface area contributed by atoms with Crippen LogP contribution in [0.25, 0.3) is 0 Å². The number of esters is 1. The Bertz CT molecular complexity index is 1170. The van der Waals surface area contributed by atoms with Gasteiger partial charge >= 0.3 is 12.1 Å². The van der Waals surface area contributed by atoms with Crippen LogP contribution in [0.15, 0.2) is 54.9 Å². The van der Waals surface area contributed by atoms with E-state index >= 15 is 4.39 Å². The van der Waals surface area contributed by atoms with Crippen LogP contribution in [0.1, 0.15) is 41.1 Å². The average Bonchev–Trinajstić information content (AvgIpc) is 3.33. The minimum atomic E-state index is -4.41. The number of hydrogen-bond donors (Lipinski definition) is 1. The van der Waals surface area contributed by atoms with Gasteiger partial charge in [-0.3, -0.25) is 4.79 Å². The number of halogens is 4. The Hall–Kier alpha value is -3.69. The maximum Gasteiger partial charge on any atom is 0.416 e. The number of rotatable bonds is 7. The summed E-state index contributed by atoms with van der Waals surface area (Å²) >= 11 is 0. The van der Waals surface area contributed by atoms with Gasteiger partial charge in [-0.1, -0.05) is 36.4 Å². The molecule has 2 heterocycles. The summed E-state index contributed by atoms with van der Waals surface area (Å²) in [6.07, 6.45) is -1.54. The number of carbonyl (C=O) groups excluding carboxylic acids is 1. The van der Waals surface area contributed by atoms with E-state index in [4.69, 9.17) is 0 Å². The molecule has 1 aliphatic heterocycles. The molecule has 1 saturated heterocycles.